The number of aromatic nitrogens is 2. The molecule has 0 atom stereocenters. The van der Waals surface area contributed by atoms with Crippen LogP contribution in [-0.2, 0) is 9.84 Å². The number of amides is 2. The first-order valence-electron chi connectivity index (χ1n) is 5.20. The second-order valence-electron chi connectivity index (χ2n) is 4.18. The van der Waals surface area contributed by atoms with E-state index in [0.717, 1.165) is 11.3 Å². The van der Waals surface area contributed by atoms with Gasteiger partial charge in [-0.2, -0.15) is 0 Å². The minimum Gasteiger partial charge on any atom is -0.330 e. The summed E-state index contributed by atoms with van der Waals surface area (Å²) in [6.45, 7) is 3.15. The molecule has 18 heavy (non-hydrogen) atoms. The van der Waals surface area contributed by atoms with Crippen molar-refractivity contribution in [3.8, 4) is 0 Å². The van der Waals surface area contributed by atoms with Crippen LogP contribution in [0.15, 0.2) is 4.34 Å². The molecule has 0 unspecified atom stereocenters. The van der Waals surface area contributed by atoms with Crippen LogP contribution in [0.2, 0.25) is 0 Å². The van der Waals surface area contributed by atoms with Gasteiger partial charge in [-0.25, -0.2) is 13.2 Å². The van der Waals surface area contributed by atoms with Crippen LogP contribution >= 0.6 is 11.3 Å². The molecule has 0 aromatic carbocycles. The molecule has 0 bridgehead atoms. The molecular formula is C9H16N4O3S2. The van der Waals surface area contributed by atoms with E-state index >= 15 is 0 Å². The van der Waals surface area contributed by atoms with Crippen LogP contribution < -0.4 is 4.90 Å². The van der Waals surface area contributed by atoms with Crippen LogP contribution in [-0.4, -0.2) is 55.9 Å². The molecule has 0 aliphatic heterocycles. The molecule has 102 valence electrons. The normalized spacial score (nSPS) is 11.7. The van der Waals surface area contributed by atoms with Crippen molar-refractivity contribution < 1.29 is 13.2 Å². The number of carbonyl (C=O) groups is 1. The lowest BCUT2D eigenvalue weighted by Gasteiger charge is -2.18. The van der Waals surface area contributed by atoms with Crippen molar-refractivity contribution in [3.05, 3.63) is 0 Å². The summed E-state index contributed by atoms with van der Waals surface area (Å²) < 4.78 is 23.7. The Morgan fingerprint density at radius 3 is 2.22 bits per heavy atom. The molecular weight excluding hydrogens is 276 g/mol. The number of sulfone groups is 1. The average Bonchev–Trinajstić information content (AvgIpc) is 2.76. The maximum Gasteiger partial charge on any atom is 0.325 e. The van der Waals surface area contributed by atoms with Gasteiger partial charge in [0, 0.05) is 21.1 Å². The quantitative estimate of drug-likeness (QED) is 0.771. The molecule has 1 heterocycles. The molecule has 1 rings (SSSR count). The smallest absolute Gasteiger partial charge is 0.325 e. The van der Waals surface area contributed by atoms with Crippen molar-refractivity contribution in [3.63, 3.8) is 0 Å². The van der Waals surface area contributed by atoms with Gasteiger partial charge in [0.05, 0.1) is 5.25 Å². The highest BCUT2D eigenvalue weighted by Crippen LogP contribution is 2.25. The Morgan fingerprint density at radius 2 is 1.78 bits per heavy atom. The molecule has 1 aromatic rings. The van der Waals surface area contributed by atoms with E-state index in [4.69, 9.17) is 0 Å². The van der Waals surface area contributed by atoms with Gasteiger partial charge in [-0.15, -0.1) is 10.2 Å². The van der Waals surface area contributed by atoms with Gasteiger partial charge < -0.3 is 4.90 Å². The van der Waals surface area contributed by atoms with Gasteiger partial charge in [-0.3, -0.25) is 4.90 Å². The Morgan fingerprint density at radius 1 is 1.22 bits per heavy atom. The fourth-order valence-electron chi connectivity index (χ4n) is 1.04. The van der Waals surface area contributed by atoms with Gasteiger partial charge in [0.2, 0.25) is 19.3 Å². The van der Waals surface area contributed by atoms with E-state index in [9.17, 15) is 13.2 Å². The minimum absolute atomic E-state index is 0.0640. The Hall–Kier alpha value is -1.22. The third kappa shape index (κ3) is 2.78. The third-order valence-electron chi connectivity index (χ3n) is 2.22. The highest BCUT2D eigenvalue weighted by molar-refractivity contribution is 7.93. The van der Waals surface area contributed by atoms with Gasteiger partial charge in [-0.05, 0) is 13.8 Å². The second kappa shape index (κ2) is 5.19. The van der Waals surface area contributed by atoms with Gasteiger partial charge in [0.1, 0.15) is 0 Å². The summed E-state index contributed by atoms with van der Waals surface area (Å²) >= 11 is 0.890. The van der Waals surface area contributed by atoms with Gasteiger partial charge in [-0.1, -0.05) is 11.3 Å². The van der Waals surface area contributed by atoms with E-state index in [2.05, 4.69) is 10.2 Å². The molecule has 2 amide bonds. The SMILES string of the molecule is CC(C)S(=O)(=O)c1nnc(N(C)C(=O)N(C)C)s1. The second-order valence-corrected chi connectivity index (χ2v) is 7.81. The summed E-state index contributed by atoms with van der Waals surface area (Å²) in [4.78, 5) is 14.3. The first-order chi connectivity index (χ1) is 8.17. The van der Waals surface area contributed by atoms with Crippen molar-refractivity contribution in [2.45, 2.75) is 23.4 Å². The third-order valence-corrected chi connectivity index (χ3v) is 5.77. The summed E-state index contributed by atoms with van der Waals surface area (Å²) in [6, 6.07) is -0.292. The fourth-order valence-corrected chi connectivity index (χ4v) is 3.39. The summed E-state index contributed by atoms with van der Waals surface area (Å²) in [5, 5.41) is 7.07. The number of hydrogen-bond acceptors (Lipinski definition) is 6. The van der Waals surface area contributed by atoms with Crippen LogP contribution in [0.5, 0.6) is 0 Å². The number of rotatable bonds is 3. The molecule has 0 saturated carbocycles. The number of urea groups is 1. The first kappa shape index (κ1) is 14.8. The fraction of sp³-hybridized carbons (Fsp3) is 0.667. The van der Waals surface area contributed by atoms with Crippen molar-refractivity contribution >= 4 is 32.3 Å². The molecule has 0 fully saturated rings. The Labute approximate surface area is 110 Å². The number of carbonyl (C=O) groups excluding carboxylic acids is 1. The molecule has 0 spiro atoms. The van der Waals surface area contributed by atoms with Gasteiger partial charge >= 0.3 is 6.03 Å². The number of nitrogens with zero attached hydrogens (tertiary/aromatic N) is 4. The molecule has 1 aromatic heterocycles. The Kier molecular flexibility index (Phi) is 4.28. The van der Waals surface area contributed by atoms with Crippen LogP contribution in [0, 0.1) is 0 Å². The number of hydrogen-bond donors (Lipinski definition) is 0. The highest BCUT2D eigenvalue weighted by Gasteiger charge is 2.26. The Balaban J connectivity index is 3.05. The molecule has 0 radical (unpaired) electrons. The van der Waals surface area contributed by atoms with E-state index in [1.807, 2.05) is 0 Å². The van der Waals surface area contributed by atoms with Crippen molar-refractivity contribution in [2.75, 3.05) is 26.0 Å². The zero-order chi connectivity index (χ0) is 14.1. The standard InChI is InChI=1S/C9H16N4O3S2/c1-6(2)18(15,16)8-11-10-7(17-8)13(5)9(14)12(3)4/h6H,1-5H3. The summed E-state index contributed by atoms with van der Waals surface area (Å²) in [5.41, 5.74) is 0. The van der Waals surface area contributed by atoms with E-state index in [-0.39, 0.29) is 15.5 Å². The predicted octanol–water partition coefficient (Wildman–Crippen LogP) is 0.838. The molecule has 9 heteroatoms. The van der Waals surface area contributed by atoms with E-state index in [0.29, 0.717) is 0 Å². The number of anilines is 1. The zero-order valence-electron chi connectivity index (χ0n) is 10.9. The minimum atomic E-state index is -3.44. The van der Waals surface area contributed by atoms with Crippen molar-refractivity contribution in [1.29, 1.82) is 0 Å². The molecule has 7 nitrogen and oxygen atoms in total. The highest BCUT2D eigenvalue weighted by atomic mass is 32.2. The Bertz CT molecular complexity index is 536. The summed E-state index contributed by atoms with van der Waals surface area (Å²) in [6.07, 6.45) is 0. The summed E-state index contributed by atoms with van der Waals surface area (Å²) in [5.74, 6) is 0. The molecule has 0 aliphatic rings. The van der Waals surface area contributed by atoms with E-state index in [1.165, 1.54) is 16.8 Å². The zero-order valence-corrected chi connectivity index (χ0v) is 12.5. The largest absolute Gasteiger partial charge is 0.330 e. The van der Waals surface area contributed by atoms with Crippen LogP contribution in [0.25, 0.3) is 0 Å². The first-order valence-corrected chi connectivity index (χ1v) is 7.56. The monoisotopic (exact) mass is 292 g/mol. The predicted molar refractivity (Wildman–Crippen MR) is 69.7 cm³/mol. The molecule has 0 N–H and O–H groups in total. The van der Waals surface area contributed by atoms with Gasteiger partial charge in [0.15, 0.2) is 0 Å². The maximum atomic E-state index is 11.9. The van der Waals surface area contributed by atoms with Crippen molar-refractivity contribution in [1.82, 2.24) is 15.1 Å². The van der Waals surface area contributed by atoms with E-state index < -0.39 is 15.1 Å². The summed E-state index contributed by atoms with van der Waals surface area (Å²) in [7, 11) is 1.29. The van der Waals surface area contributed by atoms with Crippen LogP contribution in [0.4, 0.5) is 9.93 Å². The van der Waals surface area contributed by atoms with E-state index in [1.54, 1.807) is 27.9 Å². The van der Waals surface area contributed by atoms with Crippen LogP contribution in [0.3, 0.4) is 0 Å². The lowest BCUT2D eigenvalue weighted by Crippen LogP contribution is -2.36. The van der Waals surface area contributed by atoms with Crippen molar-refractivity contribution in [2.24, 2.45) is 0 Å². The topological polar surface area (TPSA) is 83.5 Å². The maximum absolute atomic E-state index is 11.9. The van der Waals surface area contributed by atoms with Crippen LogP contribution in [0.1, 0.15) is 13.8 Å². The lowest BCUT2D eigenvalue weighted by atomic mass is 10.6. The molecule has 0 aliphatic carbocycles. The lowest BCUT2D eigenvalue weighted by molar-refractivity contribution is 0.225. The molecule has 0 saturated heterocycles. The van der Waals surface area contributed by atoms with Gasteiger partial charge in [0.25, 0.3) is 0 Å². The average molecular weight is 292 g/mol.